The fraction of sp³-hybridized carbons (Fsp3) is 0.486. The molecule has 9 rings (SSSR count). The first kappa shape index (κ1) is 88.7. The molecule has 0 spiro atoms. The van der Waals surface area contributed by atoms with E-state index in [4.69, 9.17) is 4.74 Å². The molecule has 18 heteroatoms. The predicted molar refractivity (Wildman–Crippen MR) is 379 cm³/mol. The summed E-state index contributed by atoms with van der Waals surface area (Å²) in [4.78, 5) is 117. The first-order valence-electron chi connectivity index (χ1n) is 31.5. The number of pyridine rings is 2. The molecule has 1 unspecified atom stereocenters. The van der Waals surface area contributed by atoms with Crippen molar-refractivity contribution >= 4 is 75.1 Å². The predicted octanol–water partition coefficient (Wildman–Crippen LogP) is 17.4. The molecule has 2 aromatic carbocycles. The minimum atomic E-state index is 0. The highest BCUT2D eigenvalue weighted by atomic mass is 32.1. The Morgan fingerprint density at radius 2 is 0.902 bits per heavy atom. The number of aromatic nitrogens is 3. The molecule has 16 nitrogen and oxygen atoms in total. The zero-order valence-corrected chi connectivity index (χ0v) is 56.1. The summed E-state index contributed by atoms with van der Waals surface area (Å²) < 4.78 is 5.10. The molecular weight excluding hydrogens is 1200 g/mol. The van der Waals surface area contributed by atoms with Crippen LogP contribution in [0.15, 0.2) is 139 Å². The molecule has 0 aliphatic carbocycles. The summed E-state index contributed by atoms with van der Waals surface area (Å²) >= 11 is 2.90. The zero-order chi connectivity index (χ0) is 66.0. The molecule has 0 bridgehead atoms. The molecule has 4 aromatic heterocycles. The van der Waals surface area contributed by atoms with E-state index in [1.54, 1.807) is 49.1 Å². The number of morpholine rings is 1. The summed E-state index contributed by atoms with van der Waals surface area (Å²) in [6.07, 6.45) is 19.2. The van der Waals surface area contributed by atoms with E-state index >= 15 is 0 Å². The van der Waals surface area contributed by atoms with Gasteiger partial charge in [0.1, 0.15) is 5.69 Å². The van der Waals surface area contributed by atoms with Crippen LogP contribution in [-0.4, -0.2) is 134 Å². The fourth-order valence-corrected chi connectivity index (χ4v) is 9.68. The molecule has 3 aliphatic rings. The van der Waals surface area contributed by atoms with Crippen LogP contribution in [0.25, 0.3) is 0 Å². The number of Topliss-reactive ketones (excluding diaryl/α,β-unsaturated/α-hetero) is 6. The second kappa shape index (κ2) is 56.2. The fourth-order valence-electron chi connectivity index (χ4n) is 8.30. The number of nitrogens with zero attached hydrogens (tertiary/aromatic N) is 6. The first-order valence-corrected chi connectivity index (χ1v) is 33.2. The minimum absolute atomic E-state index is 0. The smallest absolute Gasteiger partial charge is 0.222 e. The summed E-state index contributed by atoms with van der Waals surface area (Å²) in [5, 5.41) is 4.35. The summed E-state index contributed by atoms with van der Waals surface area (Å²) in [7, 11) is 0. The lowest BCUT2D eigenvalue weighted by Crippen LogP contribution is -2.41. The number of ketones is 6. The molecule has 508 valence electrons. The molecule has 0 saturated carbocycles. The monoisotopic (exact) mass is 1310 g/mol. The normalized spacial score (nSPS) is 13.1. The van der Waals surface area contributed by atoms with Crippen LogP contribution >= 0.6 is 22.7 Å². The van der Waals surface area contributed by atoms with Crippen molar-refractivity contribution < 1.29 is 47.9 Å². The van der Waals surface area contributed by atoms with E-state index in [-0.39, 0.29) is 62.9 Å². The summed E-state index contributed by atoms with van der Waals surface area (Å²) in [5.41, 5.74) is 2.88. The first-order chi connectivity index (χ1) is 43.0. The van der Waals surface area contributed by atoms with Gasteiger partial charge in [0, 0.05) is 143 Å². The molecule has 7 heterocycles. The maximum absolute atomic E-state index is 11.3. The van der Waals surface area contributed by atoms with E-state index < -0.39 is 0 Å². The molecule has 0 N–H and O–H groups in total. The van der Waals surface area contributed by atoms with Crippen molar-refractivity contribution in [3.8, 4) is 0 Å². The van der Waals surface area contributed by atoms with Gasteiger partial charge >= 0.3 is 0 Å². The maximum atomic E-state index is 11.3. The molecule has 3 amide bonds. The van der Waals surface area contributed by atoms with Gasteiger partial charge in [0.25, 0.3) is 0 Å². The van der Waals surface area contributed by atoms with Gasteiger partial charge in [-0.1, -0.05) is 157 Å². The molecule has 0 radical (unpaired) electrons. The molecule has 6 aromatic rings. The van der Waals surface area contributed by atoms with Gasteiger partial charge in [-0.05, 0) is 81.2 Å². The Labute approximate surface area is 560 Å². The Bertz CT molecular complexity index is 2580. The third kappa shape index (κ3) is 38.3. The number of thiazole rings is 1. The van der Waals surface area contributed by atoms with E-state index in [0.717, 1.165) is 48.7 Å². The molecular formula is C74H110N6O10S2. The third-order valence-electron chi connectivity index (χ3n) is 13.6. The Hall–Kier alpha value is -7.54. The van der Waals surface area contributed by atoms with Crippen molar-refractivity contribution in [1.82, 2.24) is 29.7 Å². The van der Waals surface area contributed by atoms with Gasteiger partial charge in [-0.2, -0.15) is 0 Å². The van der Waals surface area contributed by atoms with Crippen LogP contribution in [0, 0.1) is 0 Å². The van der Waals surface area contributed by atoms with Crippen molar-refractivity contribution in [2.75, 3.05) is 45.9 Å². The number of hydrogen-bond acceptors (Lipinski definition) is 15. The maximum Gasteiger partial charge on any atom is 0.222 e. The SMILES string of the molecule is C.C.C.CCC(=O)N1CCCCC1.CCC(=O)N1CCCCC1C.CCC(=O)N1CCOCC1.CCC(=O)c1ccccc1.CCC(=O)c1ccccc1.CCC(=O)c1ccccn1.CCC(=O)c1cccnc1.CCC(=O)c1cccs1.CCC(=O)c1nccs1. The number of piperidine rings is 2. The third-order valence-corrected chi connectivity index (χ3v) is 15.3. The van der Waals surface area contributed by atoms with E-state index in [9.17, 15) is 43.2 Å². The highest BCUT2D eigenvalue weighted by Gasteiger charge is 2.21. The van der Waals surface area contributed by atoms with Gasteiger partial charge in [0.2, 0.25) is 17.7 Å². The van der Waals surface area contributed by atoms with Crippen molar-refractivity contribution in [3.05, 3.63) is 171 Å². The summed E-state index contributed by atoms with van der Waals surface area (Å²) in [6.45, 7) is 24.9. The van der Waals surface area contributed by atoms with Crippen LogP contribution < -0.4 is 0 Å². The Balaban J connectivity index is -0.000000965. The molecule has 92 heavy (non-hydrogen) atoms. The van der Waals surface area contributed by atoms with Gasteiger partial charge in [-0.15, -0.1) is 22.7 Å². The Morgan fingerprint density at radius 3 is 1.32 bits per heavy atom. The van der Waals surface area contributed by atoms with Crippen molar-refractivity contribution in [2.45, 2.75) is 194 Å². The number of amides is 3. The van der Waals surface area contributed by atoms with Gasteiger partial charge < -0.3 is 19.4 Å². The number of thiophene rings is 1. The molecule has 3 fully saturated rings. The largest absolute Gasteiger partial charge is 0.378 e. The highest BCUT2D eigenvalue weighted by molar-refractivity contribution is 7.12. The number of carbonyl (C=O) groups excluding carboxylic acids is 9. The van der Waals surface area contributed by atoms with Crippen LogP contribution in [0.5, 0.6) is 0 Å². The second-order valence-electron chi connectivity index (χ2n) is 20.1. The van der Waals surface area contributed by atoms with E-state index in [1.807, 2.05) is 167 Å². The Morgan fingerprint density at radius 1 is 0.424 bits per heavy atom. The van der Waals surface area contributed by atoms with E-state index in [1.165, 1.54) is 61.2 Å². The van der Waals surface area contributed by atoms with E-state index in [2.05, 4.69) is 21.9 Å². The van der Waals surface area contributed by atoms with Crippen molar-refractivity contribution in [2.24, 2.45) is 0 Å². The van der Waals surface area contributed by atoms with Gasteiger partial charge in [-0.25, -0.2) is 4.98 Å². The molecule has 3 saturated heterocycles. The summed E-state index contributed by atoms with van der Waals surface area (Å²) in [6, 6.07) is 31.8. The molecule has 1 atom stereocenters. The van der Waals surface area contributed by atoms with Crippen molar-refractivity contribution in [1.29, 1.82) is 0 Å². The standard InChI is InChI=1S/C9H17NO.2C9H10O.C8H9NO.C8H15NO.C8H9NO.C7H13NO2.C7H8OS.C6H7NOS.3CH4/c1-3-9(11)10-7-5-4-6-8(10)2;2*1-2-9(10)8-6-4-3-5-7-8;1-2-8(10)7-4-3-5-9-6-7;1-2-8(10)9-6-4-3-5-7-9;1-2-8(10)7-5-3-4-6-9-7;1-2-7(9)8-3-5-10-6-4-8;1-2-6(8)7-4-3-5-9-7;1-2-5(8)6-7-3-4-9-6;;;/h8H,3-7H2,1-2H3;2*3-7H,2H2,1H3;3-6H,2H2,1H3;2-7H2,1H3;3-6H,2H2,1H3;2-6H2,1H3;3-5H,2H2,1H3;3-4H,2H2,1H3;3*1H4. The average Bonchev–Trinajstić information content (AvgIpc) is 3.04. The average molecular weight is 1310 g/mol. The zero-order valence-electron chi connectivity index (χ0n) is 54.5. The number of likely N-dealkylation sites (tertiary alicyclic amines) is 2. The molecule has 3 aliphatic heterocycles. The van der Waals surface area contributed by atoms with Crippen molar-refractivity contribution in [3.63, 3.8) is 0 Å². The highest BCUT2D eigenvalue weighted by Crippen LogP contribution is 2.17. The number of carbonyl (C=O) groups is 9. The minimum Gasteiger partial charge on any atom is -0.378 e. The van der Waals surface area contributed by atoms with Crippen LogP contribution in [-0.2, 0) is 19.1 Å². The lowest BCUT2D eigenvalue weighted by Gasteiger charge is -2.33. The van der Waals surface area contributed by atoms with Gasteiger partial charge in [0.15, 0.2) is 39.7 Å². The van der Waals surface area contributed by atoms with Crippen LogP contribution in [0.4, 0.5) is 0 Å². The second-order valence-corrected chi connectivity index (χ2v) is 21.9. The quantitative estimate of drug-likeness (QED) is 0.0877. The summed E-state index contributed by atoms with van der Waals surface area (Å²) in [5.74, 6) is 1.91. The van der Waals surface area contributed by atoms with Crippen LogP contribution in [0.2, 0.25) is 0 Å². The number of benzene rings is 2. The van der Waals surface area contributed by atoms with Gasteiger partial charge in [0.05, 0.1) is 18.1 Å². The number of hydrogen-bond donors (Lipinski definition) is 0. The lowest BCUT2D eigenvalue weighted by molar-refractivity contribution is -0.135. The van der Waals surface area contributed by atoms with E-state index in [0.29, 0.717) is 105 Å². The number of ether oxygens (including phenoxy) is 1. The topological polar surface area (TPSA) is 211 Å². The van der Waals surface area contributed by atoms with Crippen LogP contribution in [0.3, 0.4) is 0 Å². The number of rotatable bonds is 15. The van der Waals surface area contributed by atoms with Crippen LogP contribution in [0.1, 0.15) is 249 Å². The lowest BCUT2D eigenvalue weighted by atomic mass is 10.0. The Kier molecular flexibility index (Phi) is 54.2. The van der Waals surface area contributed by atoms with Gasteiger partial charge in [-0.3, -0.25) is 53.1 Å².